The molecule has 1 heterocycles. The first kappa shape index (κ1) is 17.9. The summed E-state index contributed by atoms with van der Waals surface area (Å²) in [5, 5.41) is 13.3. The third-order valence-corrected chi connectivity index (χ3v) is 3.67. The Morgan fingerprint density at radius 2 is 1.93 bits per heavy atom. The molecule has 136 valence electrons. The number of hydrogen-bond acceptors (Lipinski definition) is 5. The molecule has 0 atom stereocenters. The van der Waals surface area contributed by atoms with Crippen molar-refractivity contribution in [2.24, 2.45) is 0 Å². The molecule has 0 unspecified atom stereocenters. The lowest BCUT2D eigenvalue weighted by Crippen LogP contribution is -2.27. The van der Waals surface area contributed by atoms with Crippen LogP contribution in [0.2, 0.25) is 0 Å². The third kappa shape index (κ3) is 4.40. The van der Waals surface area contributed by atoms with Crippen molar-refractivity contribution in [3.8, 4) is 11.3 Å². The lowest BCUT2D eigenvalue weighted by atomic mass is 10.1. The van der Waals surface area contributed by atoms with Crippen LogP contribution < -0.4 is 10.9 Å². The van der Waals surface area contributed by atoms with Gasteiger partial charge in [0.15, 0.2) is 0 Å². The minimum atomic E-state index is -0.571. The molecule has 1 N–H and O–H groups in total. The Labute approximate surface area is 152 Å². The number of nitro groups is 1. The molecule has 0 aliphatic rings. The van der Waals surface area contributed by atoms with E-state index in [1.54, 1.807) is 0 Å². The zero-order valence-corrected chi connectivity index (χ0v) is 13.8. The van der Waals surface area contributed by atoms with E-state index >= 15 is 0 Å². The van der Waals surface area contributed by atoms with E-state index in [0.717, 1.165) is 4.57 Å². The van der Waals surface area contributed by atoms with E-state index in [9.17, 15) is 24.1 Å². The number of benzene rings is 2. The quantitative estimate of drug-likeness (QED) is 0.550. The average Bonchev–Trinajstić information content (AvgIpc) is 2.64. The van der Waals surface area contributed by atoms with Gasteiger partial charge >= 0.3 is 0 Å². The second-order valence-corrected chi connectivity index (χ2v) is 5.60. The number of hydrogen-bond donors (Lipinski definition) is 1. The fourth-order valence-electron chi connectivity index (χ4n) is 2.38. The summed E-state index contributed by atoms with van der Waals surface area (Å²) in [5.74, 6) is -0.932. The molecule has 0 aliphatic heterocycles. The first-order valence-electron chi connectivity index (χ1n) is 7.79. The number of carbonyl (C=O) groups is 1. The van der Waals surface area contributed by atoms with Gasteiger partial charge in [0.05, 0.1) is 16.9 Å². The zero-order chi connectivity index (χ0) is 19.4. The van der Waals surface area contributed by atoms with Crippen molar-refractivity contribution in [2.75, 3.05) is 5.32 Å². The summed E-state index contributed by atoms with van der Waals surface area (Å²) in [5.41, 5.74) is 0.559. The Bertz CT molecular complexity index is 1060. The molecule has 0 aliphatic carbocycles. The molecule has 0 saturated heterocycles. The molecule has 1 aromatic heterocycles. The Morgan fingerprint density at radius 1 is 1.19 bits per heavy atom. The molecule has 0 bridgehead atoms. The number of rotatable bonds is 5. The molecular formula is C18H13FN4O4. The van der Waals surface area contributed by atoms with Crippen molar-refractivity contribution in [1.82, 2.24) is 9.55 Å². The monoisotopic (exact) mass is 368 g/mol. The number of halogens is 1. The predicted molar refractivity (Wildman–Crippen MR) is 95.6 cm³/mol. The SMILES string of the molecule is O=C(Cn1cnc(-c2ccc(F)cc2)cc1=O)Nc1cccc([N+](=O)[O-])c1. The number of nitrogens with one attached hydrogen (secondary N) is 1. The van der Waals surface area contributed by atoms with Gasteiger partial charge in [0.2, 0.25) is 5.91 Å². The highest BCUT2D eigenvalue weighted by Gasteiger charge is 2.10. The molecular weight excluding hydrogens is 355 g/mol. The van der Waals surface area contributed by atoms with E-state index < -0.39 is 22.2 Å². The van der Waals surface area contributed by atoms with Gasteiger partial charge in [-0.25, -0.2) is 9.37 Å². The van der Waals surface area contributed by atoms with E-state index in [2.05, 4.69) is 10.3 Å². The van der Waals surface area contributed by atoms with Crippen molar-refractivity contribution >= 4 is 17.3 Å². The molecule has 1 amide bonds. The summed E-state index contributed by atoms with van der Waals surface area (Å²) in [4.78, 5) is 38.6. The Balaban J connectivity index is 1.73. The summed E-state index contributed by atoms with van der Waals surface area (Å²) in [6.45, 7) is -0.307. The van der Waals surface area contributed by atoms with Crippen LogP contribution in [0.4, 0.5) is 15.8 Å². The Kier molecular flexibility index (Phi) is 5.02. The minimum absolute atomic E-state index is 0.157. The highest BCUT2D eigenvalue weighted by Crippen LogP contribution is 2.17. The number of carbonyl (C=O) groups excluding carboxylic acids is 1. The third-order valence-electron chi connectivity index (χ3n) is 3.67. The van der Waals surface area contributed by atoms with Crippen molar-refractivity contribution in [3.05, 3.63) is 87.2 Å². The van der Waals surface area contributed by atoms with Crippen LogP contribution in [-0.2, 0) is 11.3 Å². The zero-order valence-electron chi connectivity index (χ0n) is 13.8. The van der Waals surface area contributed by atoms with E-state index in [-0.39, 0.29) is 17.9 Å². The molecule has 0 fully saturated rings. The van der Waals surface area contributed by atoms with Crippen molar-refractivity contribution in [2.45, 2.75) is 6.54 Å². The molecule has 0 radical (unpaired) electrons. The summed E-state index contributed by atoms with van der Waals surface area (Å²) >= 11 is 0. The molecule has 2 aromatic carbocycles. The first-order chi connectivity index (χ1) is 12.9. The molecule has 3 rings (SSSR count). The topological polar surface area (TPSA) is 107 Å². The van der Waals surface area contributed by atoms with Gasteiger partial charge in [-0.2, -0.15) is 0 Å². The van der Waals surface area contributed by atoms with Crippen molar-refractivity contribution < 1.29 is 14.1 Å². The lowest BCUT2D eigenvalue weighted by Gasteiger charge is -2.08. The van der Waals surface area contributed by atoms with Crippen LogP contribution in [0.15, 0.2) is 65.7 Å². The maximum absolute atomic E-state index is 13.0. The number of aromatic nitrogens is 2. The van der Waals surface area contributed by atoms with Gasteiger partial charge in [0.25, 0.3) is 11.2 Å². The smallest absolute Gasteiger partial charge is 0.271 e. The van der Waals surface area contributed by atoms with Gasteiger partial charge in [-0.05, 0) is 30.3 Å². The van der Waals surface area contributed by atoms with Gasteiger partial charge in [0, 0.05) is 29.4 Å². The fourth-order valence-corrected chi connectivity index (χ4v) is 2.38. The minimum Gasteiger partial charge on any atom is -0.324 e. The van der Waals surface area contributed by atoms with Gasteiger partial charge in [-0.3, -0.25) is 24.3 Å². The van der Waals surface area contributed by atoms with Gasteiger partial charge in [-0.15, -0.1) is 0 Å². The molecule has 0 saturated carbocycles. The van der Waals surface area contributed by atoms with Crippen LogP contribution >= 0.6 is 0 Å². The normalized spacial score (nSPS) is 10.4. The second kappa shape index (κ2) is 7.56. The van der Waals surface area contributed by atoms with Crippen LogP contribution in [0.25, 0.3) is 11.3 Å². The van der Waals surface area contributed by atoms with Gasteiger partial charge in [-0.1, -0.05) is 6.07 Å². The highest BCUT2D eigenvalue weighted by atomic mass is 19.1. The number of nitrogens with zero attached hydrogens (tertiary/aromatic N) is 3. The number of anilines is 1. The standard InChI is InChI=1S/C18H13FN4O4/c19-13-6-4-12(5-7-13)16-9-18(25)22(11-20-16)10-17(24)21-14-2-1-3-15(8-14)23(26)27/h1-9,11H,10H2,(H,21,24). The maximum atomic E-state index is 13.0. The predicted octanol–water partition coefficient (Wildman–Crippen LogP) is 2.60. The van der Waals surface area contributed by atoms with E-state index in [1.807, 2.05) is 0 Å². The number of non-ortho nitro benzene ring substituents is 1. The van der Waals surface area contributed by atoms with Crippen LogP contribution in [0, 0.1) is 15.9 Å². The Hall–Kier alpha value is -3.88. The molecule has 8 nitrogen and oxygen atoms in total. The first-order valence-corrected chi connectivity index (χ1v) is 7.79. The summed E-state index contributed by atoms with van der Waals surface area (Å²) in [6.07, 6.45) is 1.22. The van der Waals surface area contributed by atoms with Crippen LogP contribution in [0.3, 0.4) is 0 Å². The summed E-state index contributed by atoms with van der Waals surface area (Å²) in [6, 6.07) is 12.2. The highest BCUT2D eigenvalue weighted by molar-refractivity contribution is 5.90. The van der Waals surface area contributed by atoms with Crippen molar-refractivity contribution in [1.29, 1.82) is 0 Å². The molecule has 3 aromatic rings. The van der Waals surface area contributed by atoms with Gasteiger partial charge in [0.1, 0.15) is 12.4 Å². The van der Waals surface area contributed by atoms with E-state index in [0.29, 0.717) is 11.3 Å². The molecule has 0 spiro atoms. The summed E-state index contributed by atoms with van der Waals surface area (Å²) in [7, 11) is 0. The maximum Gasteiger partial charge on any atom is 0.271 e. The largest absolute Gasteiger partial charge is 0.324 e. The van der Waals surface area contributed by atoms with Crippen molar-refractivity contribution in [3.63, 3.8) is 0 Å². The number of nitro benzene ring substituents is 1. The van der Waals surface area contributed by atoms with E-state index in [4.69, 9.17) is 0 Å². The lowest BCUT2D eigenvalue weighted by molar-refractivity contribution is -0.384. The number of amides is 1. The van der Waals surface area contributed by atoms with Crippen LogP contribution in [0.1, 0.15) is 0 Å². The summed E-state index contributed by atoms with van der Waals surface area (Å²) < 4.78 is 14.1. The second-order valence-electron chi connectivity index (χ2n) is 5.60. The van der Waals surface area contributed by atoms with Crippen LogP contribution in [0.5, 0.6) is 0 Å². The molecule has 27 heavy (non-hydrogen) atoms. The average molecular weight is 368 g/mol. The van der Waals surface area contributed by atoms with E-state index in [1.165, 1.54) is 60.9 Å². The van der Waals surface area contributed by atoms with Crippen LogP contribution in [-0.4, -0.2) is 20.4 Å². The Morgan fingerprint density at radius 3 is 2.59 bits per heavy atom. The van der Waals surface area contributed by atoms with Gasteiger partial charge < -0.3 is 5.32 Å². The fraction of sp³-hybridized carbons (Fsp3) is 0.0556. The molecule has 9 heteroatoms.